The molecule has 0 aliphatic heterocycles. The second kappa shape index (κ2) is 8.61. The summed E-state index contributed by atoms with van der Waals surface area (Å²) < 4.78 is 10.2. The fourth-order valence-electron chi connectivity index (χ4n) is 1.89. The van der Waals surface area contributed by atoms with Gasteiger partial charge >= 0.3 is 18.0 Å². The van der Waals surface area contributed by atoms with E-state index in [1.165, 1.54) is 31.2 Å². The minimum atomic E-state index is -1.68. The molecule has 10 heteroatoms. The lowest BCUT2D eigenvalue weighted by Gasteiger charge is -2.26. The van der Waals surface area contributed by atoms with Crippen LogP contribution in [-0.2, 0) is 19.1 Å². The molecule has 2 unspecified atom stereocenters. The van der Waals surface area contributed by atoms with E-state index in [0.29, 0.717) is 0 Å². The van der Waals surface area contributed by atoms with E-state index in [9.17, 15) is 24.8 Å². The van der Waals surface area contributed by atoms with Crippen molar-refractivity contribution in [3.8, 4) is 0 Å². The number of rotatable bonds is 6. The molecule has 0 heterocycles. The summed E-state index contributed by atoms with van der Waals surface area (Å²) in [4.78, 5) is 35.2. The molecule has 0 aliphatic carbocycles. The number of nitrogens with one attached hydrogen (secondary N) is 2. The first kappa shape index (κ1) is 21.4. The smallest absolute Gasteiger partial charge is 0.409 e. The maximum absolute atomic E-state index is 12.5. The summed E-state index contributed by atoms with van der Waals surface area (Å²) in [5.74, 6) is -2.29. The first-order chi connectivity index (χ1) is 11.9. The molecule has 1 aromatic rings. The second-order valence-electron chi connectivity index (χ2n) is 6.42. The second-order valence-corrected chi connectivity index (χ2v) is 6.42. The number of ether oxygens (including phenoxy) is 2. The van der Waals surface area contributed by atoms with Crippen molar-refractivity contribution in [2.45, 2.75) is 45.4 Å². The lowest BCUT2D eigenvalue weighted by atomic mass is 10.1. The molecule has 0 saturated carbocycles. The molecule has 0 radical (unpaired) electrons. The fourth-order valence-corrected chi connectivity index (χ4v) is 1.89. The van der Waals surface area contributed by atoms with E-state index in [4.69, 9.17) is 14.6 Å². The van der Waals surface area contributed by atoms with Gasteiger partial charge in [0.2, 0.25) is 6.10 Å². The number of carboxylic acids is 1. The van der Waals surface area contributed by atoms with Crippen LogP contribution in [0.5, 0.6) is 0 Å². The van der Waals surface area contributed by atoms with Gasteiger partial charge < -0.3 is 25.1 Å². The summed E-state index contributed by atoms with van der Waals surface area (Å²) in [5, 5.41) is 30.2. The number of carbonyl (C=O) groups excluding carboxylic acids is 2. The Labute approximate surface area is 149 Å². The highest BCUT2D eigenvalue weighted by atomic mass is 16.8. The van der Waals surface area contributed by atoms with E-state index in [-0.39, 0.29) is 11.3 Å². The zero-order valence-electron chi connectivity index (χ0n) is 14.8. The normalized spacial score (nSPS) is 14.7. The quantitative estimate of drug-likeness (QED) is 0.421. The van der Waals surface area contributed by atoms with Gasteiger partial charge in [0.05, 0.1) is 5.56 Å². The Morgan fingerprint density at radius 2 is 1.81 bits per heavy atom. The van der Waals surface area contributed by atoms with Gasteiger partial charge in [0.25, 0.3) is 0 Å². The maximum atomic E-state index is 12.5. The van der Waals surface area contributed by atoms with Crippen molar-refractivity contribution in [3.05, 3.63) is 35.0 Å². The maximum Gasteiger partial charge on any atom is 0.409 e. The van der Waals surface area contributed by atoms with E-state index in [0.717, 1.165) is 0 Å². The third kappa shape index (κ3) is 6.31. The van der Waals surface area contributed by atoms with Gasteiger partial charge in [-0.3, -0.25) is 4.79 Å². The van der Waals surface area contributed by atoms with Crippen LogP contribution in [0.2, 0.25) is 0 Å². The first-order valence-corrected chi connectivity index (χ1v) is 7.67. The third-order valence-corrected chi connectivity index (χ3v) is 3.02. The predicted octanol–water partition coefficient (Wildman–Crippen LogP) is 0.672. The molecule has 0 aliphatic rings. The Hall–Kier alpha value is -2.69. The van der Waals surface area contributed by atoms with Crippen LogP contribution in [-0.4, -0.2) is 40.0 Å². The van der Waals surface area contributed by atoms with Crippen molar-refractivity contribution < 1.29 is 39.4 Å². The molecule has 26 heavy (non-hydrogen) atoms. The average Bonchev–Trinajstić information content (AvgIpc) is 2.50. The van der Waals surface area contributed by atoms with Crippen LogP contribution in [0.15, 0.2) is 24.3 Å². The number of carboxylic acid groups (broad SMARTS) is 1. The number of hydrogen-bond donors (Lipinski definition) is 4. The lowest BCUT2D eigenvalue weighted by Crippen LogP contribution is -2.99. The molecule has 3 atom stereocenters. The number of esters is 1. The summed E-state index contributed by atoms with van der Waals surface area (Å²) in [7, 11) is 0. The predicted molar refractivity (Wildman–Crippen MR) is 87.5 cm³/mol. The number of aliphatic carboxylic acids is 1. The molecule has 1 aromatic carbocycles. The van der Waals surface area contributed by atoms with Crippen LogP contribution in [0.25, 0.3) is 0 Å². The van der Waals surface area contributed by atoms with Gasteiger partial charge in [0.1, 0.15) is 11.6 Å². The zero-order valence-corrected chi connectivity index (χ0v) is 14.8. The highest BCUT2D eigenvalue weighted by molar-refractivity contribution is 5.84. The van der Waals surface area contributed by atoms with Crippen LogP contribution in [0.1, 0.15) is 39.4 Å². The topological polar surface area (TPSA) is 150 Å². The van der Waals surface area contributed by atoms with Gasteiger partial charge in [-0.05, 0) is 33.8 Å². The molecule has 144 valence electrons. The van der Waals surface area contributed by atoms with Gasteiger partial charge in [-0.1, -0.05) is 12.1 Å². The molecular formula is C16H22N2O8. The van der Waals surface area contributed by atoms with Gasteiger partial charge in [-0.2, -0.15) is 5.23 Å². The number of para-hydroxylation sites is 1. The van der Waals surface area contributed by atoms with Crippen molar-refractivity contribution in [2.75, 3.05) is 0 Å². The largest absolute Gasteiger partial charge is 0.595 e. The van der Waals surface area contributed by atoms with E-state index >= 15 is 0 Å². The Kier molecular flexibility index (Phi) is 7.07. The fraction of sp³-hybridized carbons (Fsp3) is 0.438. The molecule has 0 aromatic heterocycles. The Morgan fingerprint density at radius 1 is 1.23 bits per heavy atom. The summed E-state index contributed by atoms with van der Waals surface area (Å²) in [6, 6.07) is 4.21. The Bertz CT molecular complexity index is 668. The summed E-state index contributed by atoms with van der Waals surface area (Å²) in [6.07, 6.45) is -2.88. The molecule has 1 amide bonds. The first-order valence-electron chi connectivity index (χ1n) is 7.67. The van der Waals surface area contributed by atoms with Crippen molar-refractivity contribution in [2.24, 2.45) is 0 Å². The average molecular weight is 370 g/mol. The van der Waals surface area contributed by atoms with Crippen LogP contribution >= 0.6 is 0 Å². The standard InChI is InChI=1S/C16H22N2O8/c1-9(13(19)20)17-15(22)25-12(14(21)26-16(2,3)4)10-7-5-6-8-11(10)18(23)24/h5-9,12,18,23H,1-4H3,(H,17,22)(H,19,20)/t9-,12?/m0/s1. The van der Waals surface area contributed by atoms with Crippen molar-refractivity contribution in [3.63, 3.8) is 0 Å². The number of carbonyl (C=O) groups is 3. The third-order valence-electron chi connectivity index (χ3n) is 3.02. The van der Waals surface area contributed by atoms with Gasteiger partial charge in [-0.15, -0.1) is 0 Å². The summed E-state index contributed by atoms with van der Waals surface area (Å²) in [5.41, 5.74) is -1.25. The number of benzene rings is 1. The molecule has 4 N–H and O–H groups in total. The van der Waals surface area contributed by atoms with E-state index < -0.39 is 41.0 Å². The summed E-state index contributed by atoms with van der Waals surface area (Å²) >= 11 is 0. The van der Waals surface area contributed by atoms with Gasteiger partial charge in [0.15, 0.2) is 5.69 Å². The van der Waals surface area contributed by atoms with Crippen LogP contribution in [0.4, 0.5) is 10.5 Å². The number of quaternary nitrogens is 1. The highest BCUT2D eigenvalue weighted by Gasteiger charge is 2.34. The van der Waals surface area contributed by atoms with Crippen molar-refractivity contribution in [1.29, 1.82) is 0 Å². The van der Waals surface area contributed by atoms with Crippen LogP contribution < -0.4 is 10.5 Å². The van der Waals surface area contributed by atoms with Gasteiger partial charge in [0, 0.05) is 6.07 Å². The Balaban J connectivity index is 3.17. The molecule has 0 bridgehead atoms. The molecule has 0 fully saturated rings. The van der Waals surface area contributed by atoms with E-state index in [1.807, 2.05) is 5.32 Å². The SMILES string of the molecule is C[C@H](NC(=O)OC(C(=O)OC(C)(C)C)c1ccccc1[NH+]([O-])O)C(=O)O. The van der Waals surface area contributed by atoms with Crippen molar-refractivity contribution in [1.82, 2.24) is 5.32 Å². The molecule has 0 spiro atoms. The minimum absolute atomic E-state index is 0.0904. The van der Waals surface area contributed by atoms with Crippen LogP contribution in [0.3, 0.4) is 0 Å². The monoisotopic (exact) mass is 370 g/mol. The number of amides is 1. The minimum Gasteiger partial charge on any atom is -0.595 e. The summed E-state index contributed by atoms with van der Waals surface area (Å²) in [6.45, 7) is 5.99. The Morgan fingerprint density at radius 3 is 2.31 bits per heavy atom. The molecule has 10 nitrogen and oxygen atoms in total. The van der Waals surface area contributed by atoms with Crippen LogP contribution in [0, 0.1) is 5.21 Å². The highest BCUT2D eigenvalue weighted by Crippen LogP contribution is 2.26. The molecule has 1 rings (SSSR count). The molecule has 0 saturated heterocycles. The van der Waals surface area contributed by atoms with E-state index in [2.05, 4.69) is 0 Å². The molecular weight excluding hydrogens is 348 g/mol. The zero-order chi connectivity index (χ0) is 20.1. The van der Waals surface area contributed by atoms with E-state index in [1.54, 1.807) is 20.8 Å². The number of alkyl carbamates (subject to hydrolysis) is 1. The van der Waals surface area contributed by atoms with Crippen molar-refractivity contribution >= 4 is 23.7 Å². The van der Waals surface area contributed by atoms with Gasteiger partial charge in [-0.25, -0.2) is 14.8 Å². The lowest BCUT2D eigenvalue weighted by molar-refractivity contribution is -0.991. The number of hydrogen-bond acceptors (Lipinski definition) is 7.